The Bertz CT molecular complexity index is 666. The first-order chi connectivity index (χ1) is 10.7. The summed E-state index contributed by atoms with van der Waals surface area (Å²) < 4.78 is 0. The van der Waals surface area contributed by atoms with Crippen molar-refractivity contribution in [1.82, 2.24) is 15.8 Å². The summed E-state index contributed by atoms with van der Waals surface area (Å²) in [5.74, 6) is -0.0175. The van der Waals surface area contributed by atoms with Gasteiger partial charge in [-0.1, -0.05) is 18.2 Å². The van der Waals surface area contributed by atoms with Crippen LogP contribution >= 0.6 is 0 Å². The Morgan fingerprint density at radius 3 is 2.18 bits per heavy atom. The van der Waals surface area contributed by atoms with Gasteiger partial charge in [-0.05, 0) is 37.1 Å². The van der Waals surface area contributed by atoms with Gasteiger partial charge in [0.25, 0.3) is 11.8 Å². The van der Waals surface area contributed by atoms with Gasteiger partial charge in [-0.25, -0.2) is 4.98 Å². The maximum Gasteiger partial charge on any atom is 0.271 e. The Kier molecular flexibility index (Phi) is 4.00. The molecule has 2 amide bonds. The quantitative estimate of drug-likeness (QED) is 0.750. The van der Waals surface area contributed by atoms with Crippen LogP contribution in [0.3, 0.4) is 0 Å². The van der Waals surface area contributed by atoms with Crippen molar-refractivity contribution < 1.29 is 9.59 Å². The number of benzene rings is 1. The summed E-state index contributed by atoms with van der Waals surface area (Å²) in [6.07, 6.45) is 3.81. The second kappa shape index (κ2) is 6.26. The van der Waals surface area contributed by atoms with Crippen LogP contribution in [0.2, 0.25) is 0 Å². The molecular formula is C16H16N4O2. The van der Waals surface area contributed by atoms with E-state index in [0.29, 0.717) is 17.2 Å². The first-order valence-electron chi connectivity index (χ1n) is 7.11. The molecule has 1 saturated carbocycles. The Labute approximate surface area is 127 Å². The standard InChI is InChI=1S/C16H16N4O2/c21-15(11-4-2-1-3-5-11)19-20-16(22)12-6-9-14(17-10-12)18-13-7-8-13/h1-6,9-10,13H,7-8H2,(H,17,18)(H,19,21)(H,20,22). The van der Waals surface area contributed by atoms with Crippen molar-refractivity contribution in [3.05, 3.63) is 59.8 Å². The largest absolute Gasteiger partial charge is 0.367 e. The van der Waals surface area contributed by atoms with Crippen molar-refractivity contribution in [2.45, 2.75) is 18.9 Å². The SMILES string of the molecule is O=C(NNC(=O)c1ccc(NC2CC2)nc1)c1ccccc1. The summed E-state index contributed by atoms with van der Waals surface area (Å²) in [5, 5.41) is 3.24. The van der Waals surface area contributed by atoms with Crippen LogP contribution in [0.25, 0.3) is 0 Å². The molecule has 0 atom stereocenters. The topological polar surface area (TPSA) is 83.1 Å². The van der Waals surface area contributed by atoms with Crippen LogP contribution in [0.15, 0.2) is 48.7 Å². The maximum absolute atomic E-state index is 11.9. The van der Waals surface area contributed by atoms with Gasteiger partial charge >= 0.3 is 0 Å². The molecule has 0 aliphatic heterocycles. The van der Waals surface area contributed by atoms with Crippen LogP contribution in [0.1, 0.15) is 33.6 Å². The van der Waals surface area contributed by atoms with E-state index in [-0.39, 0.29) is 5.91 Å². The smallest absolute Gasteiger partial charge is 0.271 e. The van der Waals surface area contributed by atoms with E-state index in [1.165, 1.54) is 6.20 Å². The molecule has 3 rings (SSSR count). The molecule has 1 aliphatic carbocycles. The van der Waals surface area contributed by atoms with Gasteiger partial charge < -0.3 is 5.32 Å². The average molecular weight is 296 g/mol. The highest BCUT2D eigenvalue weighted by Crippen LogP contribution is 2.23. The molecule has 1 aromatic carbocycles. The van der Waals surface area contributed by atoms with Crippen LogP contribution < -0.4 is 16.2 Å². The summed E-state index contributed by atoms with van der Waals surface area (Å²) in [6, 6.07) is 12.6. The van der Waals surface area contributed by atoms with Crippen molar-refractivity contribution in [1.29, 1.82) is 0 Å². The lowest BCUT2D eigenvalue weighted by molar-refractivity contribution is 0.0846. The number of carbonyl (C=O) groups is 2. The molecular weight excluding hydrogens is 280 g/mol. The van der Waals surface area contributed by atoms with Crippen molar-refractivity contribution in [2.24, 2.45) is 0 Å². The summed E-state index contributed by atoms with van der Waals surface area (Å²) >= 11 is 0. The number of nitrogens with one attached hydrogen (secondary N) is 3. The molecule has 0 bridgehead atoms. The van der Waals surface area contributed by atoms with Gasteiger partial charge in [0.15, 0.2) is 0 Å². The van der Waals surface area contributed by atoms with Gasteiger partial charge in [-0.15, -0.1) is 0 Å². The minimum absolute atomic E-state index is 0.367. The van der Waals surface area contributed by atoms with Crippen LogP contribution in [-0.2, 0) is 0 Å². The van der Waals surface area contributed by atoms with Crippen LogP contribution in [0.4, 0.5) is 5.82 Å². The van der Waals surface area contributed by atoms with E-state index in [4.69, 9.17) is 0 Å². The first kappa shape index (κ1) is 14.1. The zero-order valence-electron chi connectivity index (χ0n) is 11.9. The summed E-state index contributed by atoms with van der Waals surface area (Å²) in [4.78, 5) is 27.9. The molecule has 1 fully saturated rings. The molecule has 0 spiro atoms. The lowest BCUT2D eigenvalue weighted by Gasteiger charge is -2.08. The molecule has 112 valence electrons. The van der Waals surface area contributed by atoms with Gasteiger partial charge in [0.1, 0.15) is 5.82 Å². The van der Waals surface area contributed by atoms with Gasteiger partial charge in [0.2, 0.25) is 0 Å². The molecule has 6 heteroatoms. The molecule has 0 saturated heterocycles. The van der Waals surface area contributed by atoms with Gasteiger partial charge in [0, 0.05) is 17.8 Å². The Morgan fingerprint density at radius 1 is 0.909 bits per heavy atom. The van der Waals surface area contributed by atoms with Crippen molar-refractivity contribution in [3.63, 3.8) is 0 Å². The Hall–Kier alpha value is -2.89. The normalized spacial score (nSPS) is 13.3. The van der Waals surface area contributed by atoms with Gasteiger partial charge in [0.05, 0.1) is 5.56 Å². The van der Waals surface area contributed by atoms with E-state index < -0.39 is 5.91 Å². The minimum Gasteiger partial charge on any atom is -0.367 e. The summed E-state index contributed by atoms with van der Waals surface area (Å²) in [6.45, 7) is 0. The van der Waals surface area contributed by atoms with E-state index in [0.717, 1.165) is 18.7 Å². The second-order valence-electron chi connectivity index (χ2n) is 5.12. The molecule has 1 aromatic heterocycles. The van der Waals surface area contributed by atoms with E-state index in [1.807, 2.05) is 6.07 Å². The number of aromatic nitrogens is 1. The van der Waals surface area contributed by atoms with Crippen molar-refractivity contribution in [2.75, 3.05) is 5.32 Å². The van der Waals surface area contributed by atoms with E-state index >= 15 is 0 Å². The molecule has 3 N–H and O–H groups in total. The third-order valence-electron chi connectivity index (χ3n) is 3.28. The number of anilines is 1. The van der Waals surface area contributed by atoms with Crippen molar-refractivity contribution >= 4 is 17.6 Å². The predicted molar refractivity (Wildman–Crippen MR) is 82.3 cm³/mol. The van der Waals surface area contributed by atoms with E-state index in [9.17, 15) is 9.59 Å². The molecule has 0 unspecified atom stereocenters. The lowest BCUT2D eigenvalue weighted by atomic mass is 10.2. The van der Waals surface area contributed by atoms with Crippen LogP contribution in [0.5, 0.6) is 0 Å². The lowest BCUT2D eigenvalue weighted by Crippen LogP contribution is -2.41. The number of pyridine rings is 1. The molecule has 6 nitrogen and oxygen atoms in total. The Morgan fingerprint density at radius 2 is 1.59 bits per heavy atom. The average Bonchev–Trinajstić information content (AvgIpc) is 3.38. The zero-order chi connectivity index (χ0) is 15.4. The van der Waals surface area contributed by atoms with E-state index in [1.54, 1.807) is 36.4 Å². The molecule has 0 radical (unpaired) electrons. The number of hydrogen-bond donors (Lipinski definition) is 3. The zero-order valence-corrected chi connectivity index (χ0v) is 11.9. The van der Waals surface area contributed by atoms with Crippen LogP contribution in [-0.4, -0.2) is 22.8 Å². The number of nitrogens with zero attached hydrogens (tertiary/aromatic N) is 1. The maximum atomic E-state index is 11.9. The third kappa shape index (κ3) is 3.60. The highest BCUT2D eigenvalue weighted by atomic mass is 16.2. The molecule has 2 aromatic rings. The fourth-order valence-electron chi connectivity index (χ4n) is 1.90. The van der Waals surface area contributed by atoms with E-state index in [2.05, 4.69) is 21.2 Å². The number of hydrogen-bond acceptors (Lipinski definition) is 4. The summed E-state index contributed by atoms with van der Waals surface area (Å²) in [5.41, 5.74) is 5.60. The Balaban J connectivity index is 1.54. The fourth-order valence-corrected chi connectivity index (χ4v) is 1.90. The number of carbonyl (C=O) groups excluding carboxylic acids is 2. The summed E-state index contributed by atoms with van der Waals surface area (Å²) in [7, 11) is 0. The number of hydrazine groups is 1. The molecule has 1 heterocycles. The fraction of sp³-hybridized carbons (Fsp3) is 0.188. The van der Waals surface area contributed by atoms with Crippen LogP contribution in [0, 0.1) is 0 Å². The number of amides is 2. The monoisotopic (exact) mass is 296 g/mol. The predicted octanol–water partition coefficient (Wildman–Crippen LogP) is 1.73. The van der Waals surface area contributed by atoms with Gasteiger partial charge in [-0.3, -0.25) is 20.4 Å². The minimum atomic E-state index is -0.408. The number of rotatable bonds is 4. The molecule has 22 heavy (non-hydrogen) atoms. The van der Waals surface area contributed by atoms with Gasteiger partial charge in [-0.2, -0.15) is 0 Å². The first-order valence-corrected chi connectivity index (χ1v) is 7.11. The molecule has 1 aliphatic rings. The van der Waals surface area contributed by atoms with Crippen molar-refractivity contribution in [3.8, 4) is 0 Å². The highest BCUT2D eigenvalue weighted by Gasteiger charge is 2.21. The highest BCUT2D eigenvalue weighted by molar-refractivity contribution is 5.98. The second-order valence-corrected chi connectivity index (χ2v) is 5.12. The third-order valence-corrected chi connectivity index (χ3v) is 3.28.